The van der Waals surface area contributed by atoms with Crippen LogP contribution in [0.15, 0.2) is 24.4 Å². The van der Waals surface area contributed by atoms with Gasteiger partial charge in [0.2, 0.25) is 11.9 Å². The average Bonchev–Trinajstić information content (AvgIpc) is 2.91. The Kier molecular flexibility index (Phi) is 5.40. The number of anilines is 2. The molecule has 1 unspecified atom stereocenters. The first-order chi connectivity index (χ1) is 11.8. The van der Waals surface area contributed by atoms with Crippen LogP contribution in [0.2, 0.25) is 0 Å². The third-order valence-corrected chi connectivity index (χ3v) is 4.15. The molecule has 1 saturated heterocycles. The Morgan fingerprint density at radius 1 is 1.08 bits per heavy atom. The van der Waals surface area contributed by atoms with Gasteiger partial charge in [0, 0.05) is 19.3 Å². The largest absolute Gasteiger partial charge is 0.467 e. The predicted octanol–water partition coefficient (Wildman–Crippen LogP) is 2.83. The van der Waals surface area contributed by atoms with Crippen molar-refractivity contribution in [3.05, 3.63) is 30.1 Å². The van der Waals surface area contributed by atoms with Crippen LogP contribution in [0.3, 0.4) is 0 Å². The summed E-state index contributed by atoms with van der Waals surface area (Å²) in [6, 6.07) is 6.18. The molecule has 0 spiro atoms. The van der Waals surface area contributed by atoms with Crippen LogP contribution in [0.5, 0.6) is 6.01 Å². The molecule has 128 valence electrons. The molecule has 0 aliphatic carbocycles. The third kappa shape index (κ3) is 4.10. The summed E-state index contributed by atoms with van der Waals surface area (Å²) in [7, 11) is 1.58. The Balaban J connectivity index is 1.80. The van der Waals surface area contributed by atoms with E-state index in [0.29, 0.717) is 17.9 Å². The summed E-state index contributed by atoms with van der Waals surface area (Å²) in [5, 5.41) is 3.30. The van der Waals surface area contributed by atoms with E-state index in [-0.39, 0.29) is 6.04 Å². The van der Waals surface area contributed by atoms with Crippen molar-refractivity contribution in [3.8, 4) is 6.01 Å². The van der Waals surface area contributed by atoms with Crippen LogP contribution in [0.4, 0.5) is 11.9 Å². The Morgan fingerprint density at radius 3 is 2.54 bits per heavy atom. The highest BCUT2D eigenvalue weighted by Gasteiger charge is 2.17. The molecule has 7 heteroatoms. The first-order valence-electron chi connectivity index (χ1n) is 8.49. The molecule has 0 bridgehead atoms. The Hall–Kier alpha value is -2.44. The van der Waals surface area contributed by atoms with Gasteiger partial charge >= 0.3 is 6.01 Å². The number of methoxy groups -OCH3 is 1. The quantitative estimate of drug-likeness (QED) is 0.904. The summed E-state index contributed by atoms with van der Waals surface area (Å²) in [5.41, 5.74) is 0.938. The monoisotopic (exact) mass is 328 g/mol. The van der Waals surface area contributed by atoms with Gasteiger partial charge in [0.1, 0.15) is 0 Å². The van der Waals surface area contributed by atoms with Gasteiger partial charge in [-0.25, -0.2) is 0 Å². The van der Waals surface area contributed by atoms with Crippen molar-refractivity contribution in [2.24, 2.45) is 0 Å². The maximum Gasteiger partial charge on any atom is 0.322 e. The summed E-state index contributed by atoms with van der Waals surface area (Å²) in [6.45, 7) is 3.98. The van der Waals surface area contributed by atoms with Gasteiger partial charge in [-0.2, -0.15) is 15.0 Å². The van der Waals surface area contributed by atoms with E-state index < -0.39 is 0 Å². The molecule has 0 saturated carbocycles. The summed E-state index contributed by atoms with van der Waals surface area (Å²) < 4.78 is 5.26. The molecule has 1 fully saturated rings. The zero-order chi connectivity index (χ0) is 16.8. The number of ether oxygens (including phenoxy) is 1. The highest BCUT2D eigenvalue weighted by atomic mass is 16.5. The van der Waals surface area contributed by atoms with Crippen LogP contribution in [0.1, 0.15) is 44.3 Å². The van der Waals surface area contributed by atoms with E-state index in [0.717, 1.165) is 18.8 Å². The molecule has 2 aromatic heterocycles. The van der Waals surface area contributed by atoms with Crippen LogP contribution < -0.4 is 15.0 Å². The van der Waals surface area contributed by atoms with Crippen molar-refractivity contribution < 1.29 is 4.74 Å². The number of nitrogens with zero attached hydrogens (tertiary/aromatic N) is 5. The highest BCUT2D eigenvalue weighted by Crippen LogP contribution is 2.21. The molecule has 1 aliphatic rings. The van der Waals surface area contributed by atoms with Gasteiger partial charge in [0.15, 0.2) is 0 Å². The fourth-order valence-electron chi connectivity index (χ4n) is 2.81. The number of pyridine rings is 1. The Labute approximate surface area is 142 Å². The lowest BCUT2D eigenvalue weighted by atomic mass is 10.2. The minimum Gasteiger partial charge on any atom is -0.467 e. The normalized spacial score (nSPS) is 16.3. The molecule has 3 rings (SSSR count). The molecule has 1 aliphatic heterocycles. The lowest BCUT2D eigenvalue weighted by Crippen LogP contribution is -2.27. The van der Waals surface area contributed by atoms with E-state index >= 15 is 0 Å². The van der Waals surface area contributed by atoms with Crippen molar-refractivity contribution in [2.45, 2.75) is 38.6 Å². The predicted molar refractivity (Wildman–Crippen MR) is 93.3 cm³/mol. The number of hydrogen-bond acceptors (Lipinski definition) is 7. The Morgan fingerprint density at radius 2 is 1.88 bits per heavy atom. The maximum absolute atomic E-state index is 5.26. The van der Waals surface area contributed by atoms with Crippen LogP contribution in [0, 0.1) is 0 Å². The van der Waals surface area contributed by atoms with Crippen molar-refractivity contribution in [3.63, 3.8) is 0 Å². The second kappa shape index (κ2) is 7.90. The molecule has 0 amide bonds. The van der Waals surface area contributed by atoms with Gasteiger partial charge in [-0.3, -0.25) is 4.98 Å². The first kappa shape index (κ1) is 16.4. The Bertz CT molecular complexity index is 643. The standard InChI is InChI=1S/C17H24N6O/c1-13(14-9-5-6-10-18-14)19-15-20-16(22-17(21-15)24-2)23-11-7-3-4-8-12-23/h5-6,9-10,13H,3-4,7-8,11-12H2,1-2H3,(H,19,20,21,22). The zero-order valence-corrected chi connectivity index (χ0v) is 14.3. The first-order valence-corrected chi connectivity index (χ1v) is 8.49. The lowest BCUT2D eigenvalue weighted by molar-refractivity contribution is 0.378. The summed E-state index contributed by atoms with van der Waals surface area (Å²) in [6.07, 6.45) is 6.65. The van der Waals surface area contributed by atoms with Gasteiger partial charge in [0.25, 0.3) is 0 Å². The van der Waals surface area contributed by atoms with Gasteiger partial charge in [0.05, 0.1) is 18.8 Å². The molecular formula is C17H24N6O. The molecule has 2 aromatic rings. The fraction of sp³-hybridized carbons (Fsp3) is 0.529. The van der Waals surface area contributed by atoms with Crippen LogP contribution in [-0.2, 0) is 0 Å². The molecular weight excluding hydrogens is 304 g/mol. The van der Waals surface area contributed by atoms with Gasteiger partial charge in [-0.1, -0.05) is 18.9 Å². The van der Waals surface area contributed by atoms with Gasteiger partial charge < -0.3 is 15.0 Å². The molecule has 3 heterocycles. The van der Waals surface area contributed by atoms with Crippen molar-refractivity contribution in [1.82, 2.24) is 19.9 Å². The molecule has 1 N–H and O–H groups in total. The maximum atomic E-state index is 5.26. The number of nitrogens with one attached hydrogen (secondary N) is 1. The van der Waals surface area contributed by atoms with Crippen LogP contribution in [-0.4, -0.2) is 40.1 Å². The smallest absolute Gasteiger partial charge is 0.322 e. The van der Waals surface area contributed by atoms with E-state index in [1.54, 1.807) is 13.3 Å². The second-order valence-corrected chi connectivity index (χ2v) is 5.97. The number of aromatic nitrogens is 4. The summed E-state index contributed by atoms with van der Waals surface area (Å²) in [4.78, 5) is 19.9. The fourth-order valence-corrected chi connectivity index (χ4v) is 2.81. The molecule has 0 aromatic carbocycles. The van der Waals surface area contributed by atoms with Gasteiger partial charge in [-0.15, -0.1) is 0 Å². The van der Waals surface area contributed by atoms with E-state index in [1.165, 1.54) is 25.7 Å². The van der Waals surface area contributed by atoms with E-state index in [1.807, 2.05) is 25.1 Å². The summed E-state index contributed by atoms with van der Waals surface area (Å²) >= 11 is 0. The third-order valence-electron chi connectivity index (χ3n) is 4.15. The van der Waals surface area contributed by atoms with Crippen molar-refractivity contribution >= 4 is 11.9 Å². The second-order valence-electron chi connectivity index (χ2n) is 5.97. The molecule has 7 nitrogen and oxygen atoms in total. The summed E-state index contributed by atoms with van der Waals surface area (Å²) in [5.74, 6) is 1.19. The van der Waals surface area contributed by atoms with E-state index in [4.69, 9.17) is 4.74 Å². The SMILES string of the molecule is COc1nc(NC(C)c2ccccn2)nc(N2CCCCCC2)n1. The van der Waals surface area contributed by atoms with Crippen LogP contribution >= 0.6 is 0 Å². The topological polar surface area (TPSA) is 76.1 Å². The zero-order valence-electron chi connectivity index (χ0n) is 14.3. The van der Waals surface area contributed by atoms with Crippen molar-refractivity contribution in [1.29, 1.82) is 0 Å². The van der Waals surface area contributed by atoms with Gasteiger partial charge in [-0.05, 0) is 31.9 Å². The number of hydrogen-bond donors (Lipinski definition) is 1. The minimum atomic E-state index is -0.00436. The van der Waals surface area contributed by atoms with Crippen LogP contribution in [0.25, 0.3) is 0 Å². The van der Waals surface area contributed by atoms with Crippen molar-refractivity contribution in [2.75, 3.05) is 30.4 Å². The van der Waals surface area contributed by atoms with E-state index in [2.05, 4.69) is 30.2 Å². The minimum absolute atomic E-state index is 0.00436. The number of rotatable bonds is 5. The molecule has 0 radical (unpaired) electrons. The molecule has 24 heavy (non-hydrogen) atoms. The average molecular weight is 328 g/mol. The highest BCUT2D eigenvalue weighted by molar-refractivity contribution is 5.39. The molecule has 1 atom stereocenters. The lowest BCUT2D eigenvalue weighted by Gasteiger charge is -2.21. The van der Waals surface area contributed by atoms with E-state index in [9.17, 15) is 0 Å².